The van der Waals surface area contributed by atoms with Crippen LogP contribution in [0.5, 0.6) is 0 Å². The Balaban J connectivity index is 2.35. The average molecular weight is 335 g/mol. The molecular weight excluding hydrogens is 327 g/mol. The van der Waals surface area contributed by atoms with E-state index in [0.29, 0.717) is 0 Å². The second-order valence-corrected chi connectivity index (χ2v) is 6.71. The molecule has 5 nitrogen and oxygen atoms in total. The lowest BCUT2D eigenvalue weighted by Gasteiger charge is -2.05. The predicted molar refractivity (Wildman–Crippen MR) is 73.0 cm³/mol. The highest BCUT2D eigenvalue weighted by molar-refractivity contribution is 7.90. The molecule has 0 spiro atoms. The van der Waals surface area contributed by atoms with Crippen LogP contribution < -0.4 is 0 Å². The third-order valence-corrected chi connectivity index (χ3v) is 4.78. The lowest BCUT2D eigenvalue weighted by atomic mass is 10.4. The molecule has 0 atom stereocenters. The van der Waals surface area contributed by atoms with Gasteiger partial charge in [0.2, 0.25) is 5.76 Å². The molecule has 106 valence electrons. The van der Waals surface area contributed by atoms with Gasteiger partial charge in [0.25, 0.3) is 0 Å². The zero-order valence-electron chi connectivity index (χ0n) is 9.84. The van der Waals surface area contributed by atoms with E-state index in [9.17, 15) is 13.2 Å². The van der Waals surface area contributed by atoms with Crippen molar-refractivity contribution in [3.05, 3.63) is 51.9 Å². The van der Waals surface area contributed by atoms with E-state index in [1.807, 2.05) is 0 Å². The smallest absolute Gasteiger partial charge is 0.371 e. The third-order valence-electron chi connectivity index (χ3n) is 2.43. The standard InChI is InChI=1S/C12H8Cl2O5S/c13-7-1-3-9(14)11(5-7)20(17,18)6-8-2-4-10(19-8)12(15)16/h1-5H,6H2,(H,15,16). The van der Waals surface area contributed by atoms with Crippen molar-refractivity contribution in [1.82, 2.24) is 0 Å². The molecule has 1 heterocycles. The summed E-state index contributed by atoms with van der Waals surface area (Å²) in [5.74, 6) is -2.08. The number of hydrogen-bond acceptors (Lipinski definition) is 4. The van der Waals surface area contributed by atoms with Crippen LogP contribution >= 0.6 is 23.2 Å². The first-order valence-electron chi connectivity index (χ1n) is 5.29. The van der Waals surface area contributed by atoms with Crippen molar-refractivity contribution >= 4 is 39.0 Å². The van der Waals surface area contributed by atoms with E-state index in [1.165, 1.54) is 30.3 Å². The second-order valence-electron chi connectivity index (χ2n) is 3.90. The molecule has 1 N–H and O–H groups in total. The van der Waals surface area contributed by atoms with Crippen molar-refractivity contribution in [3.8, 4) is 0 Å². The van der Waals surface area contributed by atoms with Gasteiger partial charge < -0.3 is 9.52 Å². The summed E-state index contributed by atoms with van der Waals surface area (Å²) in [5.41, 5.74) is 0. The number of sulfone groups is 1. The van der Waals surface area contributed by atoms with Crippen LogP contribution in [0, 0.1) is 0 Å². The lowest BCUT2D eigenvalue weighted by molar-refractivity contribution is 0.0660. The number of carboxylic acid groups (broad SMARTS) is 1. The molecule has 2 aromatic rings. The maximum atomic E-state index is 12.2. The molecule has 1 aromatic carbocycles. The van der Waals surface area contributed by atoms with E-state index in [0.717, 1.165) is 0 Å². The molecule has 0 aliphatic heterocycles. The van der Waals surface area contributed by atoms with Gasteiger partial charge in [0, 0.05) is 5.02 Å². The Morgan fingerprint density at radius 2 is 1.90 bits per heavy atom. The third kappa shape index (κ3) is 3.15. The van der Waals surface area contributed by atoms with Crippen LogP contribution in [0.3, 0.4) is 0 Å². The summed E-state index contributed by atoms with van der Waals surface area (Å²) in [6.45, 7) is 0. The van der Waals surface area contributed by atoms with E-state index >= 15 is 0 Å². The number of benzene rings is 1. The van der Waals surface area contributed by atoms with Gasteiger partial charge >= 0.3 is 5.97 Å². The van der Waals surface area contributed by atoms with Crippen molar-refractivity contribution in [2.75, 3.05) is 0 Å². The normalized spacial score (nSPS) is 11.5. The van der Waals surface area contributed by atoms with Gasteiger partial charge in [0.1, 0.15) is 11.5 Å². The van der Waals surface area contributed by atoms with Gasteiger partial charge in [-0.25, -0.2) is 13.2 Å². The average Bonchev–Trinajstić information content (AvgIpc) is 2.80. The number of aromatic carboxylic acids is 1. The zero-order valence-corrected chi connectivity index (χ0v) is 12.2. The highest BCUT2D eigenvalue weighted by Crippen LogP contribution is 2.28. The van der Waals surface area contributed by atoms with Crippen LogP contribution in [-0.4, -0.2) is 19.5 Å². The van der Waals surface area contributed by atoms with Gasteiger partial charge in [0.15, 0.2) is 9.84 Å². The van der Waals surface area contributed by atoms with Crippen molar-refractivity contribution in [3.63, 3.8) is 0 Å². The van der Waals surface area contributed by atoms with E-state index < -0.39 is 21.6 Å². The lowest BCUT2D eigenvalue weighted by Crippen LogP contribution is -2.05. The minimum atomic E-state index is -3.78. The number of halogens is 2. The summed E-state index contributed by atoms with van der Waals surface area (Å²) in [4.78, 5) is 10.5. The maximum absolute atomic E-state index is 12.2. The first-order chi connectivity index (χ1) is 9.29. The molecule has 0 unspecified atom stereocenters. The quantitative estimate of drug-likeness (QED) is 0.927. The molecule has 0 fully saturated rings. The van der Waals surface area contributed by atoms with Crippen LogP contribution in [0.15, 0.2) is 39.6 Å². The number of carboxylic acids is 1. The Bertz CT molecular complexity index is 764. The van der Waals surface area contributed by atoms with Crippen molar-refractivity contribution in [2.24, 2.45) is 0 Å². The van der Waals surface area contributed by atoms with Gasteiger partial charge in [-0.05, 0) is 30.3 Å². The summed E-state index contributed by atoms with van der Waals surface area (Å²) in [7, 11) is -3.78. The van der Waals surface area contributed by atoms with Crippen LogP contribution in [0.2, 0.25) is 10.0 Å². The molecular formula is C12H8Cl2O5S. The molecule has 0 aliphatic rings. The van der Waals surface area contributed by atoms with Gasteiger partial charge in [0.05, 0.1) is 9.92 Å². The summed E-state index contributed by atoms with van der Waals surface area (Å²) in [6.07, 6.45) is 0. The van der Waals surface area contributed by atoms with Crippen LogP contribution in [0.1, 0.15) is 16.3 Å². The first kappa shape index (κ1) is 14.9. The van der Waals surface area contributed by atoms with E-state index in [2.05, 4.69) is 0 Å². The molecule has 0 amide bonds. The Kier molecular flexibility index (Phi) is 4.08. The van der Waals surface area contributed by atoms with Crippen LogP contribution in [-0.2, 0) is 15.6 Å². The number of hydrogen-bond donors (Lipinski definition) is 1. The summed E-state index contributed by atoms with van der Waals surface area (Å²) in [5, 5.41) is 8.99. The molecule has 0 bridgehead atoms. The summed E-state index contributed by atoms with van der Waals surface area (Å²) < 4.78 is 29.3. The molecule has 2 rings (SSSR count). The van der Waals surface area contributed by atoms with E-state index in [1.54, 1.807) is 0 Å². The van der Waals surface area contributed by atoms with Gasteiger partial charge in [-0.2, -0.15) is 0 Å². The maximum Gasteiger partial charge on any atom is 0.371 e. The fourth-order valence-electron chi connectivity index (χ4n) is 1.55. The van der Waals surface area contributed by atoms with E-state index in [4.69, 9.17) is 32.7 Å². The second kappa shape index (κ2) is 5.47. The van der Waals surface area contributed by atoms with Crippen molar-refractivity contribution in [2.45, 2.75) is 10.6 Å². The molecule has 0 radical (unpaired) electrons. The van der Waals surface area contributed by atoms with Crippen LogP contribution in [0.4, 0.5) is 0 Å². The van der Waals surface area contributed by atoms with E-state index in [-0.39, 0.29) is 26.5 Å². The van der Waals surface area contributed by atoms with Gasteiger partial charge in [-0.1, -0.05) is 23.2 Å². The molecule has 8 heteroatoms. The summed E-state index contributed by atoms with van der Waals surface area (Å²) in [6, 6.07) is 6.56. The Morgan fingerprint density at radius 1 is 1.20 bits per heavy atom. The molecule has 20 heavy (non-hydrogen) atoms. The molecule has 0 aliphatic carbocycles. The molecule has 0 saturated heterocycles. The van der Waals surface area contributed by atoms with Gasteiger partial charge in [-0.3, -0.25) is 0 Å². The SMILES string of the molecule is O=C(O)c1ccc(CS(=O)(=O)c2cc(Cl)ccc2Cl)o1. The number of rotatable bonds is 4. The Hall–Kier alpha value is -1.50. The highest BCUT2D eigenvalue weighted by atomic mass is 35.5. The van der Waals surface area contributed by atoms with Crippen molar-refractivity contribution < 1.29 is 22.7 Å². The minimum Gasteiger partial charge on any atom is -0.475 e. The zero-order chi connectivity index (χ0) is 14.9. The topological polar surface area (TPSA) is 84.6 Å². The fraction of sp³-hybridized carbons (Fsp3) is 0.0833. The minimum absolute atomic E-state index is 0.0124. The molecule has 0 saturated carbocycles. The van der Waals surface area contributed by atoms with Crippen LogP contribution in [0.25, 0.3) is 0 Å². The number of carbonyl (C=O) groups is 1. The number of furan rings is 1. The summed E-state index contributed by atoms with van der Waals surface area (Å²) >= 11 is 11.6. The largest absolute Gasteiger partial charge is 0.475 e. The Morgan fingerprint density at radius 3 is 2.50 bits per heavy atom. The molecule has 1 aromatic heterocycles. The van der Waals surface area contributed by atoms with Crippen molar-refractivity contribution in [1.29, 1.82) is 0 Å². The van der Waals surface area contributed by atoms with Gasteiger partial charge in [-0.15, -0.1) is 0 Å². The Labute approximate surface area is 124 Å². The fourth-order valence-corrected chi connectivity index (χ4v) is 3.61. The predicted octanol–water partition coefficient (Wildman–Crippen LogP) is 3.26. The monoisotopic (exact) mass is 334 g/mol. The highest BCUT2D eigenvalue weighted by Gasteiger charge is 2.22. The first-order valence-corrected chi connectivity index (χ1v) is 7.70.